The Hall–Kier alpha value is -3.61. The lowest BCUT2D eigenvalue weighted by molar-refractivity contribution is 0.0526. The van der Waals surface area contributed by atoms with Gasteiger partial charge in [0.1, 0.15) is 5.82 Å². The molecule has 30 heavy (non-hydrogen) atoms. The van der Waals surface area contributed by atoms with Crippen LogP contribution in [0.4, 0.5) is 14.9 Å². The highest BCUT2D eigenvalue weighted by atomic mass is 19.1. The molecule has 0 atom stereocenters. The van der Waals surface area contributed by atoms with Crippen molar-refractivity contribution in [2.45, 2.75) is 27.3 Å². The molecule has 0 saturated carbocycles. The van der Waals surface area contributed by atoms with E-state index in [0.717, 1.165) is 22.6 Å². The number of esters is 1. The number of nitrogens with zero attached hydrogens (tertiary/aromatic N) is 1. The molecule has 1 aromatic heterocycles. The molecule has 0 spiro atoms. The molecule has 0 aliphatic heterocycles. The Morgan fingerprint density at radius 2 is 1.80 bits per heavy atom. The van der Waals surface area contributed by atoms with Crippen molar-refractivity contribution in [3.8, 4) is 5.69 Å². The molecule has 6 nitrogen and oxygen atoms in total. The lowest BCUT2D eigenvalue weighted by Crippen LogP contribution is -2.28. The van der Waals surface area contributed by atoms with Crippen molar-refractivity contribution in [2.24, 2.45) is 0 Å². The number of halogens is 1. The van der Waals surface area contributed by atoms with Crippen molar-refractivity contribution in [1.82, 2.24) is 9.88 Å². The molecular weight excluding hydrogens is 385 g/mol. The number of aryl methyl sites for hydroxylation is 1. The molecule has 156 valence electrons. The van der Waals surface area contributed by atoms with Gasteiger partial charge >= 0.3 is 12.0 Å². The molecule has 0 aliphatic rings. The highest BCUT2D eigenvalue weighted by Gasteiger charge is 2.13. The molecular formula is C23H24FN3O3. The van der Waals surface area contributed by atoms with Crippen LogP contribution in [0.25, 0.3) is 5.69 Å². The summed E-state index contributed by atoms with van der Waals surface area (Å²) in [5.74, 6) is -0.721. The molecule has 0 radical (unpaired) electrons. The predicted octanol–water partition coefficient (Wildman–Crippen LogP) is 4.73. The summed E-state index contributed by atoms with van der Waals surface area (Å²) >= 11 is 0. The first-order valence-corrected chi connectivity index (χ1v) is 9.65. The van der Waals surface area contributed by atoms with Gasteiger partial charge in [-0.15, -0.1) is 0 Å². The summed E-state index contributed by atoms with van der Waals surface area (Å²) in [6, 6.07) is 14.5. The maximum atomic E-state index is 13.2. The molecule has 1 heterocycles. The molecule has 3 aromatic rings. The van der Waals surface area contributed by atoms with Crippen LogP contribution in [0.2, 0.25) is 0 Å². The van der Waals surface area contributed by atoms with Crippen LogP contribution in [0, 0.1) is 19.7 Å². The van der Waals surface area contributed by atoms with Gasteiger partial charge in [-0.2, -0.15) is 0 Å². The molecule has 0 saturated heterocycles. The molecule has 0 aliphatic carbocycles. The van der Waals surface area contributed by atoms with Gasteiger partial charge in [-0.3, -0.25) is 0 Å². The van der Waals surface area contributed by atoms with Gasteiger partial charge < -0.3 is 19.9 Å². The van der Waals surface area contributed by atoms with E-state index in [1.807, 2.05) is 24.5 Å². The van der Waals surface area contributed by atoms with Gasteiger partial charge in [0.25, 0.3) is 0 Å². The fraction of sp³-hybridized carbons (Fsp3) is 0.217. The lowest BCUT2D eigenvalue weighted by Gasteiger charge is -2.11. The molecule has 7 heteroatoms. The van der Waals surface area contributed by atoms with E-state index in [-0.39, 0.29) is 18.5 Å². The van der Waals surface area contributed by atoms with Crippen LogP contribution in [0.3, 0.4) is 0 Å². The van der Waals surface area contributed by atoms with Crippen LogP contribution in [-0.2, 0) is 11.3 Å². The average Bonchev–Trinajstić information content (AvgIpc) is 3.01. The molecule has 0 bridgehead atoms. The summed E-state index contributed by atoms with van der Waals surface area (Å²) in [4.78, 5) is 24.1. The standard InChI is InChI=1S/C23H24FN3O3/c1-4-30-22(28)17-6-5-7-20(13-17)26-23(29)25-14-18-12-15(2)27(16(18)3)21-10-8-19(24)9-11-21/h5-13H,4,14H2,1-3H3,(H2,25,26,29). The fourth-order valence-electron chi connectivity index (χ4n) is 3.28. The Morgan fingerprint density at radius 3 is 2.50 bits per heavy atom. The molecule has 0 fully saturated rings. The number of carbonyl (C=O) groups is 2. The first-order valence-electron chi connectivity index (χ1n) is 9.65. The Labute approximate surface area is 174 Å². The van der Waals surface area contributed by atoms with Crippen molar-refractivity contribution >= 4 is 17.7 Å². The van der Waals surface area contributed by atoms with E-state index in [0.29, 0.717) is 17.8 Å². The van der Waals surface area contributed by atoms with Crippen molar-refractivity contribution in [3.05, 3.63) is 82.9 Å². The first-order chi connectivity index (χ1) is 14.4. The summed E-state index contributed by atoms with van der Waals surface area (Å²) in [6.07, 6.45) is 0. The van der Waals surface area contributed by atoms with Gasteiger partial charge in [0.2, 0.25) is 0 Å². The second kappa shape index (κ2) is 9.26. The van der Waals surface area contributed by atoms with Crippen molar-refractivity contribution in [1.29, 1.82) is 0 Å². The number of ether oxygens (including phenoxy) is 1. The normalized spacial score (nSPS) is 10.5. The summed E-state index contributed by atoms with van der Waals surface area (Å²) < 4.78 is 20.2. The monoisotopic (exact) mass is 409 g/mol. The minimum absolute atomic E-state index is 0.285. The zero-order chi connectivity index (χ0) is 21.7. The van der Waals surface area contributed by atoms with Gasteiger partial charge in [0.15, 0.2) is 0 Å². The van der Waals surface area contributed by atoms with E-state index in [2.05, 4.69) is 10.6 Å². The van der Waals surface area contributed by atoms with Crippen LogP contribution >= 0.6 is 0 Å². The first kappa shape index (κ1) is 21.1. The van der Waals surface area contributed by atoms with Gasteiger partial charge in [0.05, 0.1) is 12.2 Å². The van der Waals surface area contributed by atoms with E-state index < -0.39 is 5.97 Å². The van der Waals surface area contributed by atoms with Crippen LogP contribution < -0.4 is 10.6 Å². The average molecular weight is 409 g/mol. The quantitative estimate of drug-likeness (QED) is 0.578. The molecule has 2 amide bonds. The zero-order valence-corrected chi connectivity index (χ0v) is 17.2. The second-order valence-corrected chi connectivity index (χ2v) is 6.82. The Bertz CT molecular complexity index is 1060. The minimum Gasteiger partial charge on any atom is -0.462 e. The van der Waals surface area contributed by atoms with Crippen molar-refractivity contribution in [3.63, 3.8) is 0 Å². The number of hydrogen-bond donors (Lipinski definition) is 2. The summed E-state index contributed by atoms with van der Waals surface area (Å²) in [7, 11) is 0. The highest BCUT2D eigenvalue weighted by Crippen LogP contribution is 2.21. The van der Waals surface area contributed by atoms with Crippen molar-refractivity contribution in [2.75, 3.05) is 11.9 Å². The Morgan fingerprint density at radius 1 is 1.07 bits per heavy atom. The van der Waals surface area contributed by atoms with Gasteiger partial charge in [-0.1, -0.05) is 6.07 Å². The molecule has 0 unspecified atom stereocenters. The van der Waals surface area contributed by atoms with E-state index >= 15 is 0 Å². The van der Waals surface area contributed by atoms with E-state index in [1.165, 1.54) is 12.1 Å². The third kappa shape index (κ3) is 4.86. The predicted molar refractivity (Wildman–Crippen MR) is 113 cm³/mol. The molecule has 2 N–H and O–H groups in total. The maximum Gasteiger partial charge on any atom is 0.338 e. The van der Waals surface area contributed by atoms with Crippen LogP contribution in [0.15, 0.2) is 54.6 Å². The number of urea groups is 1. The topological polar surface area (TPSA) is 72.4 Å². The number of nitrogens with one attached hydrogen (secondary N) is 2. The third-order valence-corrected chi connectivity index (χ3v) is 4.69. The Kier molecular flexibility index (Phi) is 6.51. The van der Waals surface area contributed by atoms with Crippen LogP contribution in [0.1, 0.15) is 34.2 Å². The van der Waals surface area contributed by atoms with E-state index in [9.17, 15) is 14.0 Å². The second-order valence-electron chi connectivity index (χ2n) is 6.82. The molecule has 2 aromatic carbocycles. The molecule has 3 rings (SSSR count). The highest BCUT2D eigenvalue weighted by molar-refractivity contribution is 5.93. The number of anilines is 1. The largest absolute Gasteiger partial charge is 0.462 e. The van der Waals surface area contributed by atoms with Gasteiger partial charge in [-0.25, -0.2) is 14.0 Å². The summed E-state index contributed by atoms with van der Waals surface area (Å²) in [5.41, 5.74) is 4.62. The van der Waals surface area contributed by atoms with Crippen LogP contribution in [-0.4, -0.2) is 23.2 Å². The smallest absolute Gasteiger partial charge is 0.338 e. The Balaban J connectivity index is 1.66. The number of aromatic nitrogens is 1. The SMILES string of the molecule is CCOC(=O)c1cccc(NC(=O)NCc2cc(C)n(-c3ccc(F)cc3)c2C)c1. The number of benzene rings is 2. The maximum absolute atomic E-state index is 13.2. The zero-order valence-electron chi connectivity index (χ0n) is 17.2. The summed E-state index contributed by atoms with van der Waals surface area (Å²) in [5, 5.41) is 5.55. The van der Waals surface area contributed by atoms with Crippen molar-refractivity contribution < 1.29 is 18.7 Å². The summed E-state index contributed by atoms with van der Waals surface area (Å²) in [6.45, 7) is 6.26. The van der Waals surface area contributed by atoms with E-state index in [4.69, 9.17) is 4.74 Å². The lowest BCUT2D eigenvalue weighted by atomic mass is 10.2. The third-order valence-electron chi connectivity index (χ3n) is 4.69. The van der Waals surface area contributed by atoms with Crippen LogP contribution in [0.5, 0.6) is 0 Å². The fourth-order valence-corrected chi connectivity index (χ4v) is 3.28. The number of amides is 2. The van der Waals surface area contributed by atoms with Gasteiger partial charge in [0, 0.05) is 29.3 Å². The number of hydrogen-bond acceptors (Lipinski definition) is 3. The number of rotatable bonds is 6. The number of carbonyl (C=O) groups excluding carboxylic acids is 2. The van der Waals surface area contributed by atoms with E-state index in [1.54, 1.807) is 43.3 Å². The minimum atomic E-state index is -0.435. The van der Waals surface area contributed by atoms with Gasteiger partial charge in [-0.05, 0) is 74.9 Å².